The van der Waals surface area contributed by atoms with Crippen molar-refractivity contribution in [1.29, 1.82) is 0 Å². The van der Waals surface area contributed by atoms with Gasteiger partial charge in [-0.05, 0) is 34.2 Å². The van der Waals surface area contributed by atoms with E-state index < -0.39 is 30.1 Å². The number of aliphatic carboxylic acids is 1. The average Bonchev–Trinajstić information content (AvgIpc) is 3.21. The van der Waals surface area contributed by atoms with Gasteiger partial charge in [-0.1, -0.05) is 92.2 Å². The second-order valence-corrected chi connectivity index (χ2v) is 8.90. The maximum Gasteiger partial charge on any atom is 0.407 e. The van der Waals surface area contributed by atoms with Gasteiger partial charge in [-0.25, -0.2) is 9.59 Å². The number of hydrogen-bond donors (Lipinski definition) is 3. The van der Waals surface area contributed by atoms with Crippen LogP contribution < -0.4 is 10.6 Å². The molecule has 3 aromatic rings. The van der Waals surface area contributed by atoms with Crippen LogP contribution >= 0.6 is 0 Å². The lowest BCUT2D eigenvalue weighted by molar-refractivity contribution is -0.142. The maximum absolute atomic E-state index is 13.0. The van der Waals surface area contributed by atoms with Crippen molar-refractivity contribution in [3.63, 3.8) is 0 Å². The summed E-state index contributed by atoms with van der Waals surface area (Å²) < 4.78 is 5.61. The molecule has 1 aliphatic rings. The van der Waals surface area contributed by atoms with Crippen LogP contribution in [0.3, 0.4) is 0 Å². The summed E-state index contributed by atoms with van der Waals surface area (Å²) in [5.41, 5.74) is 5.26. The highest BCUT2D eigenvalue weighted by atomic mass is 16.5. The van der Waals surface area contributed by atoms with E-state index in [-0.39, 0.29) is 18.9 Å². The molecule has 0 heterocycles. The lowest BCUT2D eigenvalue weighted by atomic mass is 9.98. The molecule has 36 heavy (non-hydrogen) atoms. The molecular weight excluding hydrogens is 456 g/mol. The van der Waals surface area contributed by atoms with Crippen molar-refractivity contribution in [2.75, 3.05) is 6.61 Å². The summed E-state index contributed by atoms with van der Waals surface area (Å²) in [4.78, 5) is 37.4. The average molecular weight is 487 g/mol. The van der Waals surface area contributed by atoms with E-state index in [1.165, 1.54) is 0 Å². The van der Waals surface area contributed by atoms with E-state index in [0.29, 0.717) is 12.8 Å². The number of benzene rings is 3. The molecule has 1 aliphatic carbocycles. The third-order valence-electron chi connectivity index (χ3n) is 6.43. The Kier molecular flexibility index (Phi) is 8.00. The number of rotatable bonds is 10. The normalized spacial score (nSPS) is 13.7. The summed E-state index contributed by atoms with van der Waals surface area (Å²) in [6, 6.07) is 23.3. The van der Waals surface area contributed by atoms with E-state index in [4.69, 9.17) is 4.74 Å². The fraction of sp³-hybridized carbons (Fsp3) is 0.276. The molecule has 7 heteroatoms. The largest absolute Gasteiger partial charge is 0.480 e. The predicted molar refractivity (Wildman–Crippen MR) is 137 cm³/mol. The molecule has 0 radical (unpaired) electrons. The smallest absolute Gasteiger partial charge is 0.407 e. The van der Waals surface area contributed by atoms with E-state index in [9.17, 15) is 19.5 Å². The molecule has 186 valence electrons. The topological polar surface area (TPSA) is 105 Å². The summed E-state index contributed by atoms with van der Waals surface area (Å²) in [5, 5.41) is 14.7. The second-order valence-electron chi connectivity index (χ2n) is 8.90. The Morgan fingerprint density at radius 3 is 2.00 bits per heavy atom. The SMILES string of the molecule is CCCC(NC(=O)C(Cc1ccccc1)NC(=O)OCC1c2ccccc2-c2ccccc21)C(=O)O. The summed E-state index contributed by atoms with van der Waals surface area (Å²) in [5.74, 6) is -1.77. The van der Waals surface area contributed by atoms with Crippen molar-refractivity contribution in [3.8, 4) is 11.1 Å². The first-order valence-electron chi connectivity index (χ1n) is 12.2. The minimum Gasteiger partial charge on any atom is -0.480 e. The molecule has 0 bridgehead atoms. The van der Waals surface area contributed by atoms with Gasteiger partial charge >= 0.3 is 12.1 Å². The fourth-order valence-electron chi connectivity index (χ4n) is 4.66. The van der Waals surface area contributed by atoms with E-state index >= 15 is 0 Å². The minimum atomic E-state index is -1.11. The Morgan fingerprint density at radius 1 is 0.833 bits per heavy atom. The van der Waals surface area contributed by atoms with E-state index in [2.05, 4.69) is 22.8 Å². The predicted octanol–water partition coefficient (Wildman–Crippen LogP) is 4.51. The number of nitrogens with one attached hydrogen (secondary N) is 2. The fourth-order valence-corrected chi connectivity index (χ4v) is 4.66. The first-order valence-corrected chi connectivity index (χ1v) is 12.2. The van der Waals surface area contributed by atoms with Crippen molar-refractivity contribution in [2.45, 2.75) is 44.2 Å². The summed E-state index contributed by atoms with van der Waals surface area (Å²) in [6.45, 7) is 1.96. The highest BCUT2D eigenvalue weighted by Gasteiger charge is 2.30. The van der Waals surface area contributed by atoms with Gasteiger partial charge < -0.3 is 20.5 Å². The zero-order valence-corrected chi connectivity index (χ0v) is 20.1. The summed E-state index contributed by atoms with van der Waals surface area (Å²) >= 11 is 0. The van der Waals surface area contributed by atoms with E-state index in [0.717, 1.165) is 27.8 Å². The van der Waals surface area contributed by atoms with Crippen LogP contribution in [0.25, 0.3) is 11.1 Å². The molecule has 0 aromatic heterocycles. The van der Waals surface area contributed by atoms with Crippen LogP contribution in [0, 0.1) is 0 Å². The van der Waals surface area contributed by atoms with Gasteiger partial charge in [0.05, 0.1) is 0 Å². The summed E-state index contributed by atoms with van der Waals surface area (Å²) in [7, 11) is 0. The number of carboxylic acid groups (broad SMARTS) is 1. The Balaban J connectivity index is 1.46. The number of carbonyl (C=O) groups excluding carboxylic acids is 2. The van der Waals surface area contributed by atoms with Crippen LogP contribution in [0.2, 0.25) is 0 Å². The van der Waals surface area contributed by atoms with Crippen LogP contribution in [0.15, 0.2) is 78.9 Å². The molecule has 0 aliphatic heterocycles. The van der Waals surface area contributed by atoms with Gasteiger partial charge in [0.2, 0.25) is 5.91 Å². The molecular formula is C29H30N2O5. The Labute approximate surface area is 210 Å². The third kappa shape index (κ3) is 5.74. The van der Waals surface area contributed by atoms with Crippen LogP contribution in [0.4, 0.5) is 4.79 Å². The van der Waals surface area contributed by atoms with Gasteiger partial charge in [-0.15, -0.1) is 0 Å². The third-order valence-corrected chi connectivity index (χ3v) is 6.43. The molecule has 2 amide bonds. The second kappa shape index (κ2) is 11.5. The number of hydrogen-bond acceptors (Lipinski definition) is 4. The van der Waals surface area contributed by atoms with Gasteiger partial charge in [-0.3, -0.25) is 4.79 Å². The van der Waals surface area contributed by atoms with Gasteiger partial charge in [-0.2, -0.15) is 0 Å². The molecule has 7 nitrogen and oxygen atoms in total. The van der Waals surface area contributed by atoms with Crippen LogP contribution in [0.1, 0.15) is 42.4 Å². The Morgan fingerprint density at radius 2 is 1.42 bits per heavy atom. The van der Waals surface area contributed by atoms with Crippen molar-refractivity contribution in [3.05, 3.63) is 95.6 Å². The highest BCUT2D eigenvalue weighted by molar-refractivity contribution is 5.89. The molecule has 0 saturated heterocycles. The van der Waals surface area contributed by atoms with Crippen molar-refractivity contribution in [1.82, 2.24) is 10.6 Å². The van der Waals surface area contributed by atoms with Gasteiger partial charge in [0.15, 0.2) is 0 Å². The van der Waals surface area contributed by atoms with Gasteiger partial charge in [0.1, 0.15) is 18.7 Å². The Bertz CT molecular complexity index is 1180. The molecule has 2 unspecified atom stereocenters. The Hall–Kier alpha value is -4.13. The molecule has 2 atom stereocenters. The maximum atomic E-state index is 13.0. The number of amides is 2. The number of carboxylic acids is 1. The van der Waals surface area contributed by atoms with E-state index in [1.54, 1.807) is 0 Å². The highest BCUT2D eigenvalue weighted by Crippen LogP contribution is 2.44. The lowest BCUT2D eigenvalue weighted by Crippen LogP contribution is -2.52. The quantitative estimate of drug-likeness (QED) is 0.391. The number of ether oxygens (including phenoxy) is 1. The molecule has 0 fully saturated rings. The molecule has 3 aromatic carbocycles. The van der Waals surface area contributed by atoms with Gasteiger partial charge in [0.25, 0.3) is 0 Å². The lowest BCUT2D eigenvalue weighted by Gasteiger charge is -2.22. The first kappa shape index (κ1) is 25.0. The standard InChI is InChI=1S/C29H30N2O5/c1-2-10-25(28(33)34)30-27(32)26(17-19-11-4-3-5-12-19)31-29(35)36-18-24-22-15-8-6-13-20(22)21-14-7-9-16-23(21)24/h3-9,11-16,24-26H,2,10,17-18H2,1H3,(H,30,32)(H,31,35)(H,33,34). The summed E-state index contributed by atoms with van der Waals surface area (Å²) in [6.07, 6.45) is 0.370. The van der Waals surface area contributed by atoms with Crippen molar-refractivity contribution in [2.24, 2.45) is 0 Å². The number of alkyl carbamates (subject to hydrolysis) is 1. The van der Waals surface area contributed by atoms with Crippen LogP contribution in [-0.2, 0) is 20.7 Å². The van der Waals surface area contributed by atoms with Gasteiger partial charge in [0, 0.05) is 12.3 Å². The zero-order chi connectivity index (χ0) is 25.5. The molecule has 4 rings (SSSR count). The molecule has 0 saturated carbocycles. The molecule has 0 spiro atoms. The van der Waals surface area contributed by atoms with Crippen LogP contribution in [-0.4, -0.2) is 41.8 Å². The molecule has 3 N–H and O–H groups in total. The minimum absolute atomic E-state index is 0.106. The zero-order valence-electron chi connectivity index (χ0n) is 20.1. The number of carbonyl (C=O) groups is 3. The van der Waals surface area contributed by atoms with E-state index in [1.807, 2.05) is 73.7 Å². The monoisotopic (exact) mass is 486 g/mol. The van der Waals surface area contributed by atoms with Crippen molar-refractivity contribution < 1.29 is 24.2 Å². The first-order chi connectivity index (χ1) is 17.5. The van der Waals surface area contributed by atoms with Crippen molar-refractivity contribution >= 4 is 18.0 Å². The number of fused-ring (bicyclic) bond motifs is 3. The van der Waals surface area contributed by atoms with Crippen LogP contribution in [0.5, 0.6) is 0 Å².